The highest BCUT2D eigenvalue weighted by Gasteiger charge is 2.37. The Bertz CT molecular complexity index is 888. The molecule has 10 heteroatoms. The predicted molar refractivity (Wildman–Crippen MR) is 97.0 cm³/mol. The summed E-state index contributed by atoms with van der Waals surface area (Å²) >= 11 is 0. The van der Waals surface area contributed by atoms with Crippen molar-refractivity contribution < 1.29 is 18.0 Å². The minimum Gasteiger partial charge on any atom is -0.356 e. The second-order valence-corrected chi connectivity index (χ2v) is 7.17. The smallest absolute Gasteiger partial charge is 0.356 e. The number of carbonyl (C=O) groups is 1. The number of nitrogens with zero attached hydrogens (tertiary/aromatic N) is 3. The van der Waals surface area contributed by atoms with Crippen LogP contribution in [-0.2, 0) is 12.6 Å². The molecule has 0 unspecified atom stereocenters. The van der Waals surface area contributed by atoms with Crippen molar-refractivity contribution in [3.8, 4) is 11.3 Å². The monoisotopic (exact) mass is 394 g/mol. The zero-order valence-corrected chi connectivity index (χ0v) is 15.4. The third-order valence-corrected chi connectivity index (χ3v) is 5.22. The lowest BCUT2D eigenvalue weighted by Gasteiger charge is -2.25. The number of aromatic amines is 1. The van der Waals surface area contributed by atoms with Crippen LogP contribution in [0.5, 0.6) is 0 Å². The first-order valence-corrected chi connectivity index (χ1v) is 9.22. The maximum absolute atomic E-state index is 13.6. The number of nitrogens with one attached hydrogen (secondary N) is 3. The minimum atomic E-state index is -4.60. The number of rotatable bonds is 3. The van der Waals surface area contributed by atoms with E-state index in [1.54, 1.807) is 7.05 Å². The fourth-order valence-electron chi connectivity index (χ4n) is 3.71. The summed E-state index contributed by atoms with van der Waals surface area (Å²) in [5.74, 6) is -0.0763. The molecular weight excluding hydrogens is 373 g/mol. The van der Waals surface area contributed by atoms with Crippen LogP contribution in [0.2, 0.25) is 0 Å². The van der Waals surface area contributed by atoms with Gasteiger partial charge in [0.05, 0.1) is 5.69 Å². The van der Waals surface area contributed by atoms with Crippen molar-refractivity contribution in [1.82, 2.24) is 25.2 Å². The Kier molecular flexibility index (Phi) is 4.74. The fourth-order valence-corrected chi connectivity index (χ4v) is 3.71. The molecule has 1 saturated heterocycles. The van der Waals surface area contributed by atoms with Crippen molar-refractivity contribution >= 4 is 11.9 Å². The molecule has 2 aromatic heterocycles. The van der Waals surface area contributed by atoms with Gasteiger partial charge in [-0.25, -0.2) is 9.97 Å². The molecule has 0 saturated carbocycles. The van der Waals surface area contributed by atoms with E-state index in [4.69, 9.17) is 0 Å². The van der Waals surface area contributed by atoms with Gasteiger partial charge in [0.2, 0.25) is 5.95 Å². The van der Waals surface area contributed by atoms with Gasteiger partial charge in [-0.15, -0.1) is 0 Å². The molecule has 1 amide bonds. The number of anilines is 1. The second-order valence-electron chi connectivity index (χ2n) is 7.17. The van der Waals surface area contributed by atoms with E-state index in [0.29, 0.717) is 36.3 Å². The van der Waals surface area contributed by atoms with E-state index >= 15 is 0 Å². The number of hydrogen-bond donors (Lipinski definition) is 3. The van der Waals surface area contributed by atoms with Crippen LogP contribution in [0.15, 0.2) is 12.4 Å². The molecule has 2 aliphatic rings. The van der Waals surface area contributed by atoms with Gasteiger partial charge >= 0.3 is 6.18 Å². The summed E-state index contributed by atoms with van der Waals surface area (Å²) in [6, 6.07) is 0.0636. The van der Waals surface area contributed by atoms with Gasteiger partial charge in [0.15, 0.2) is 0 Å². The molecule has 0 bridgehead atoms. The van der Waals surface area contributed by atoms with Crippen molar-refractivity contribution in [2.75, 3.05) is 32.0 Å². The maximum Gasteiger partial charge on any atom is 0.419 e. The minimum absolute atomic E-state index is 0.0636. The molecule has 4 rings (SSSR count). The summed E-state index contributed by atoms with van der Waals surface area (Å²) in [6.07, 6.45) is -0.00552. The van der Waals surface area contributed by atoms with Crippen molar-refractivity contribution in [2.45, 2.75) is 31.5 Å². The largest absolute Gasteiger partial charge is 0.419 e. The van der Waals surface area contributed by atoms with Crippen LogP contribution in [0, 0.1) is 0 Å². The lowest BCUT2D eigenvalue weighted by molar-refractivity contribution is -0.137. The molecule has 0 aliphatic carbocycles. The highest BCUT2D eigenvalue weighted by molar-refractivity contribution is 5.97. The first-order chi connectivity index (χ1) is 13.3. The number of likely N-dealkylation sites (N-methyl/N-ethyl adjacent to an activating group) is 1. The zero-order chi connectivity index (χ0) is 19.9. The van der Waals surface area contributed by atoms with Crippen LogP contribution in [-0.4, -0.2) is 58.5 Å². The fraction of sp³-hybridized carbons (Fsp3) is 0.500. The summed E-state index contributed by atoms with van der Waals surface area (Å²) in [5.41, 5.74) is 0.0756. The summed E-state index contributed by atoms with van der Waals surface area (Å²) in [7, 11) is 1.66. The van der Waals surface area contributed by atoms with Crippen LogP contribution in [0.25, 0.3) is 11.3 Å². The Morgan fingerprint density at radius 3 is 2.89 bits per heavy atom. The molecule has 0 aromatic carbocycles. The predicted octanol–water partition coefficient (Wildman–Crippen LogP) is 2.28. The van der Waals surface area contributed by atoms with Crippen LogP contribution >= 0.6 is 0 Å². The lowest BCUT2D eigenvalue weighted by atomic mass is 9.98. The molecule has 150 valence electrons. The number of hydrogen-bond acceptors (Lipinski definition) is 5. The number of H-pyrrole nitrogens is 1. The maximum atomic E-state index is 13.6. The Morgan fingerprint density at radius 2 is 2.18 bits per heavy atom. The molecule has 1 atom stereocenters. The van der Waals surface area contributed by atoms with Gasteiger partial charge in [0, 0.05) is 44.1 Å². The van der Waals surface area contributed by atoms with Crippen LogP contribution in [0.4, 0.5) is 19.1 Å². The molecule has 1 fully saturated rings. The topological polar surface area (TPSA) is 85.9 Å². The normalized spacial score (nSPS) is 20.2. The molecule has 2 aromatic rings. The standard InChI is InChI=1S/C18H21F3N6O/c1-27-6-4-11-12(8-23-15(11)16(27)28)14-13(18(19,20)21)9-24-17(26-14)25-10-3-2-5-22-7-10/h8-10,22-23H,2-7H2,1H3,(H,24,25,26)/t10-/m0/s1. The first kappa shape index (κ1) is 18.7. The Balaban J connectivity index is 1.75. The molecule has 4 heterocycles. The highest BCUT2D eigenvalue weighted by atomic mass is 19.4. The number of alkyl halides is 3. The number of fused-ring (bicyclic) bond motifs is 1. The van der Waals surface area contributed by atoms with Crippen LogP contribution < -0.4 is 10.6 Å². The van der Waals surface area contributed by atoms with Gasteiger partial charge in [0.1, 0.15) is 11.3 Å². The second kappa shape index (κ2) is 7.08. The summed E-state index contributed by atoms with van der Waals surface area (Å²) in [5, 5.41) is 6.36. The number of piperidine rings is 1. The number of amides is 1. The van der Waals surface area contributed by atoms with E-state index in [1.807, 2.05) is 0 Å². The third kappa shape index (κ3) is 3.44. The third-order valence-electron chi connectivity index (χ3n) is 5.22. The quantitative estimate of drug-likeness (QED) is 0.744. The Hall–Kier alpha value is -2.62. The molecule has 0 spiro atoms. The molecular formula is C18H21F3N6O. The SMILES string of the molecule is CN1CCc2c(-c3nc(N[C@H]4CCCNC4)ncc3C(F)(F)F)c[nH]c2C1=O. The van der Waals surface area contributed by atoms with E-state index < -0.39 is 11.7 Å². The van der Waals surface area contributed by atoms with E-state index in [-0.39, 0.29) is 23.6 Å². The average molecular weight is 394 g/mol. The van der Waals surface area contributed by atoms with E-state index in [2.05, 4.69) is 25.6 Å². The van der Waals surface area contributed by atoms with Crippen molar-refractivity contribution in [3.05, 3.63) is 29.2 Å². The molecule has 2 aliphatic heterocycles. The van der Waals surface area contributed by atoms with Crippen LogP contribution in [0.1, 0.15) is 34.5 Å². The van der Waals surface area contributed by atoms with Crippen molar-refractivity contribution in [3.63, 3.8) is 0 Å². The van der Waals surface area contributed by atoms with Gasteiger partial charge in [-0.1, -0.05) is 0 Å². The number of halogens is 3. The van der Waals surface area contributed by atoms with Gasteiger partial charge in [-0.3, -0.25) is 4.79 Å². The van der Waals surface area contributed by atoms with E-state index in [0.717, 1.165) is 25.6 Å². The summed E-state index contributed by atoms with van der Waals surface area (Å²) < 4.78 is 40.8. The average Bonchev–Trinajstić information content (AvgIpc) is 3.09. The molecule has 3 N–H and O–H groups in total. The van der Waals surface area contributed by atoms with Crippen molar-refractivity contribution in [2.24, 2.45) is 0 Å². The Labute approximate surface area is 159 Å². The zero-order valence-electron chi connectivity index (χ0n) is 15.4. The summed E-state index contributed by atoms with van der Waals surface area (Å²) in [6.45, 7) is 2.08. The number of aromatic nitrogens is 3. The summed E-state index contributed by atoms with van der Waals surface area (Å²) in [4.78, 5) is 24.8. The molecule has 0 radical (unpaired) electrons. The van der Waals surface area contributed by atoms with Gasteiger partial charge in [-0.2, -0.15) is 13.2 Å². The Morgan fingerprint density at radius 1 is 1.36 bits per heavy atom. The highest BCUT2D eigenvalue weighted by Crippen LogP contribution is 2.39. The number of carbonyl (C=O) groups excluding carboxylic acids is 1. The van der Waals surface area contributed by atoms with Gasteiger partial charge in [0.25, 0.3) is 5.91 Å². The lowest BCUT2D eigenvalue weighted by Crippen LogP contribution is -2.38. The van der Waals surface area contributed by atoms with Gasteiger partial charge < -0.3 is 20.5 Å². The molecule has 28 heavy (non-hydrogen) atoms. The van der Waals surface area contributed by atoms with Crippen molar-refractivity contribution in [1.29, 1.82) is 0 Å². The first-order valence-electron chi connectivity index (χ1n) is 9.22. The molecule has 7 nitrogen and oxygen atoms in total. The van der Waals surface area contributed by atoms with E-state index in [1.165, 1.54) is 11.1 Å². The van der Waals surface area contributed by atoms with E-state index in [9.17, 15) is 18.0 Å². The van der Waals surface area contributed by atoms with Crippen LogP contribution in [0.3, 0.4) is 0 Å². The van der Waals surface area contributed by atoms with Gasteiger partial charge in [-0.05, 0) is 31.4 Å².